The highest BCUT2D eigenvalue weighted by Gasteiger charge is 2.40. The highest BCUT2D eigenvalue weighted by atomic mass is 32.1. The van der Waals surface area contributed by atoms with E-state index in [1.807, 2.05) is 42.5 Å². The smallest absolute Gasteiger partial charge is 0.328 e. The fraction of sp³-hybridized carbons (Fsp3) is 0.385. The normalized spacial score (nSPS) is 19.8. The number of methoxy groups -OCH3 is 1. The molecule has 0 unspecified atom stereocenters. The van der Waals surface area contributed by atoms with Gasteiger partial charge in [0.1, 0.15) is 16.2 Å². The Labute approximate surface area is 200 Å². The Morgan fingerprint density at radius 2 is 1.94 bits per heavy atom. The van der Waals surface area contributed by atoms with E-state index in [1.54, 1.807) is 7.11 Å². The van der Waals surface area contributed by atoms with Crippen molar-refractivity contribution < 1.29 is 9.47 Å². The number of ether oxygens (including phenoxy) is 2. The number of nitrogens with one attached hydrogen (secondary N) is 1. The molecule has 7 nitrogen and oxygen atoms in total. The Hall–Kier alpha value is -3.10. The molecule has 2 aliphatic rings. The third-order valence-corrected chi connectivity index (χ3v) is 8.36. The van der Waals surface area contributed by atoms with Gasteiger partial charge in [0.15, 0.2) is 0 Å². The summed E-state index contributed by atoms with van der Waals surface area (Å²) in [4.78, 5) is 31.1. The highest BCUT2D eigenvalue weighted by molar-refractivity contribution is 7.25. The molecule has 4 heterocycles. The number of thiophene rings is 1. The van der Waals surface area contributed by atoms with Crippen LogP contribution in [0.2, 0.25) is 0 Å². The van der Waals surface area contributed by atoms with Crippen LogP contribution in [-0.4, -0.2) is 47.8 Å². The van der Waals surface area contributed by atoms with E-state index in [9.17, 15) is 9.59 Å². The molecule has 0 aliphatic carbocycles. The van der Waals surface area contributed by atoms with Crippen LogP contribution in [0.25, 0.3) is 20.3 Å². The lowest BCUT2D eigenvalue weighted by atomic mass is 9.86. The molecule has 34 heavy (non-hydrogen) atoms. The van der Waals surface area contributed by atoms with E-state index in [0.717, 1.165) is 60.7 Å². The van der Waals surface area contributed by atoms with E-state index >= 15 is 0 Å². The van der Waals surface area contributed by atoms with Crippen molar-refractivity contribution in [2.24, 2.45) is 5.92 Å². The summed E-state index contributed by atoms with van der Waals surface area (Å²) < 4.78 is 14.6. The SMILES string of the molecule is COc1cccc2c1[C@@H]1CN(CCCCn3c(=O)[nH]c4c(sc5ccccc54)c3=O)C[C@@H]1CO2. The van der Waals surface area contributed by atoms with Gasteiger partial charge in [-0.3, -0.25) is 9.36 Å². The number of benzene rings is 2. The maximum Gasteiger partial charge on any atom is 0.328 e. The minimum absolute atomic E-state index is 0.187. The third-order valence-electron chi connectivity index (χ3n) is 7.20. The molecule has 1 N–H and O–H groups in total. The Morgan fingerprint density at radius 3 is 2.82 bits per heavy atom. The zero-order valence-electron chi connectivity index (χ0n) is 19.1. The van der Waals surface area contributed by atoms with E-state index in [-0.39, 0.29) is 11.2 Å². The first-order valence-electron chi connectivity index (χ1n) is 11.8. The van der Waals surface area contributed by atoms with E-state index in [2.05, 4.69) is 9.88 Å². The number of H-pyrrole nitrogens is 1. The minimum atomic E-state index is -0.325. The summed E-state index contributed by atoms with van der Waals surface area (Å²) in [6.45, 7) is 4.08. The fourth-order valence-electron chi connectivity index (χ4n) is 5.55. The molecular weight excluding hydrogens is 450 g/mol. The van der Waals surface area contributed by atoms with E-state index in [4.69, 9.17) is 9.47 Å². The van der Waals surface area contributed by atoms with Crippen LogP contribution in [0.4, 0.5) is 0 Å². The Balaban J connectivity index is 1.12. The number of rotatable bonds is 6. The summed E-state index contributed by atoms with van der Waals surface area (Å²) in [5, 5.41) is 0.932. The van der Waals surface area contributed by atoms with Crippen molar-refractivity contribution in [3.8, 4) is 11.5 Å². The van der Waals surface area contributed by atoms with Crippen LogP contribution in [0.5, 0.6) is 11.5 Å². The molecule has 0 saturated carbocycles. The molecular formula is C26H27N3O4S. The standard InChI is InChI=1S/C26H27N3O4S/c1-32-19-8-6-9-20-22(19)18-14-28(13-16(18)15-33-20)11-4-5-12-29-25(30)24-23(27-26(29)31)17-7-2-3-10-21(17)34-24/h2-3,6-10,16,18H,4-5,11-15H2,1H3,(H,27,31)/t16-,18-/m1/s1. The predicted octanol–water partition coefficient (Wildman–Crippen LogP) is 3.80. The van der Waals surface area contributed by atoms with Crippen LogP contribution in [0.1, 0.15) is 24.3 Å². The van der Waals surface area contributed by atoms with Crippen molar-refractivity contribution in [3.05, 3.63) is 68.9 Å². The number of hydrogen-bond acceptors (Lipinski definition) is 6. The van der Waals surface area contributed by atoms with Crippen LogP contribution in [0.3, 0.4) is 0 Å². The van der Waals surface area contributed by atoms with E-state index in [0.29, 0.717) is 28.6 Å². The Bertz CT molecular complexity index is 1470. The van der Waals surface area contributed by atoms with Gasteiger partial charge in [-0.1, -0.05) is 24.3 Å². The molecule has 0 spiro atoms. The number of unbranched alkanes of at least 4 members (excludes halogenated alkanes) is 1. The molecule has 0 bridgehead atoms. The van der Waals surface area contributed by atoms with Gasteiger partial charge in [0, 0.05) is 47.1 Å². The molecule has 2 aliphatic heterocycles. The molecule has 6 rings (SSSR count). The number of likely N-dealkylation sites (tertiary alicyclic amines) is 1. The monoisotopic (exact) mass is 477 g/mol. The van der Waals surface area contributed by atoms with Crippen molar-refractivity contribution in [2.75, 3.05) is 33.4 Å². The van der Waals surface area contributed by atoms with Gasteiger partial charge in [0.2, 0.25) is 0 Å². The van der Waals surface area contributed by atoms with Crippen LogP contribution in [0.15, 0.2) is 52.1 Å². The Morgan fingerprint density at radius 1 is 1.09 bits per heavy atom. The molecule has 176 valence electrons. The first-order valence-corrected chi connectivity index (χ1v) is 12.6. The number of fused-ring (bicyclic) bond motifs is 6. The van der Waals surface area contributed by atoms with Gasteiger partial charge >= 0.3 is 5.69 Å². The molecule has 2 aromatic heterocycles. The molecule has 2 aromatic carbocycles. The summed E-state index contributed by atoms with van der Waals surface area (Å²) in [5.41, 5.74) is 1.34. The molecule has 0 radical (unpaired) electrons. The first-order chi connectivity index (χ1) is 16.6. The van der Waals surface area contributed by atoms with E-state index in [1.165, 1.54) is 21.5 Å². The van der Waals surface area contributed by atoms with E-state index < -0.39 is 0 Å². The lowest BCUT2D eigenvalue weighted by molar-refractivity contribution is 0.209. The summed E-state index contributed by atoms with van der Waals surface area (Å²) in [6.07, 6.45) is 1.71. The number of aromatic amines is 1. The molecule has 2 atom stereocenters. The van der Waals surface area contributed by atoms with Gasteiger partial charge < -0.3 is 19.4 Å². The molecule has 8 heteroatoms. The quantitative estimate of drug-likeness (QED) is 0.428. The lowest BCUT2D eigenvalue weighted by Gasteiger charge is -2.29. The maximum absolute atomic E-state index is 13.0. The van der Waals surface area contributed by atoms with Crippen molar-refractivity contribution in [1.29, 1.82) is 0 Å². The van der Waals surface area contributed by atoms with Gasteiger partial charge in [0.25, 0.3) is 5.56 Å². The van der Waals surface area contributed by atoms with Crippen LogP contribution >= 0.6 is 11.3 Å². The van der Waals surface area contributed by atoms with Gasteiger partial charge in [-0.15, -0.1) is 11.3 Å². The summed E-state index contributed by atoms with van der Waals surface area (Å²) >= 11 is 1.45. The van der Waals surface area contributed by atoms with Crippen LogP contribution < -0.4 is 20.7 Å². The average Bonchev–Trinajstić information content (AvgIpc) is 3.44. The van der Waals surface area contributed by atoms with Crippen molar-refractivity contribution >= 4 is 31.6 Å². The largest absolute Gasteiger partial charge is 0.496 e. The fourth-order valence-corrected chi connectivity index (χ4v) is 6.65. The molecule has 1 saturated heterocycles. The van der Waals surface area contributed by atoms with Crippen molar-refractivity contribution in [2.45, 2.75) is 25.3 Å². The summed E-state index contributed by atoms with van der Waals surface area (Å²) in [6, 6.07) is 13.8. The number of nitrogens with zero attached hydrogens (tertiary/aromatic N) is 2. The third kappa shape index (κ3) is 3.52. The number of aromatic nitrogens is 2. The van der Waals surface area contributed by atoms with Crippen molar-refractivity contribution in [3.63, 3.8) is 0 Å². The van der Waals surface area contributed by atoms with Crippen LogP contribution in [0, 0.1) is 5.92 Å². The lowest BCUT2D eigenvalue weighted by Crippen LogP contribution is -2.34. The van der Waals surface area contributed by atoms with Gasteiger partial charge in [-0.2, -0.15) is 0 Å². The van der Waals surface area contributed by atoms with Gasteiger partial charge in [0.05, 0.1) is 19.2 Å². The molecule has 1 fully saturated rings. The summed E-state index contributed by atoms with van der Waals surface area (Å²) in [7, 11) is 1.71. The minimum Gasteiger partial charge on any atom is -0.496 e. The number of hydrogen-bond donors (Lipinski definition) is 1. The maximum atomic E-state index is 13.0. The van der Waals surface area contributed by atoms with Crippen LogP contribution in [-0.2, 0) is 6.54 Å². The average molecular weight is 478 g/mol. The molecule has 4 aromatic rings. The summed E-state index contributed by atoms with van der Waals surface area (Å²) in [5.74, 6) is 2.73. The second kappa shape index (κ2) is 8.60. The first kappa shape index (κ1) is 21.4. The highest BCUT2D eigenvalue weighted by Crippen LogP contribution is 2.46. The molecule has 0 amide bonds. The second-order valence-corrected chi connectivity index (χ2v) is 10.3. The second-order valence-electron chi connectivity index (χ2n) is 9.21. The van der Waals surface area contributed by atoms with Crippen molar-refractivity contribution in [1.82, 2.24) is 14.5 Å². The zero-order valence-corrected chi connectivity index (χ0v) is 19.9. The van der Waals surface area contributed by atoms with Gasteiger partial charge in [-0.05, 0) is 37.6 Å². The predicted molar refractivity (Wildman–Crippen MR) is 135 cm³/mol. The Kier molecular flexibility index (Phi) is 5.42. The topological polar surface area (TPSA) is 76.6 Å². The van der Waals surface area contributed by atoms with Gasteiger partial charge in [-0.25, -0.2) is 4.79 Å². The zero-order chi connectivity index (χ0) is 23.2.